The van der Waals surface area contributed by atoms with Crippen molar-refractivity contribution in [3.63, 3.8) is 0 Å². The second-order valence-electron chi connectivity index (χ2n) is 6.79. The first kappa shape index (κ1) is 17.2. The van der Waals surface area contributed by atoms with Crippen molar-refractivity contribution >= 4 is 0 Å². The maximum absolute atomic E-state index is 13.2. The Labute approximate surface area is 159 Å². The van der Waals surface area contributed by atoms with Crippen LogP contribution in [0.4, 0.5) is 4.39 Å². The molecule has 4 rings (SSSR count). The van der Waals surface area contributed by atoms with E-state index in [1.54, 1.807) is 12.1 Å². The molecule has 0 bridgehead atoms. The summed E-state index contributed by atoms with van der Waals surface area (Å²) in [4.78, 5) is 4.47. The molecule has 0 saturated heterocycles. The zero-order valence-electron chi connectivity index (χ0n) is 15.4. The van der Waals surface area contributed by atoms with Crippen molar-refractivity contribution in [2.75, 3.05) is 0 Å². The summed E-state index contributed by atoms with van der Waals surface area (Å²) in [7, 11) is 0. The van der Waals surface area contributed by atoms with Gasteiger partial charge in [-0.3, -0.25) is 4.98 Å². The van der Waals surface area contributed by atoms with E-state index in [1.807, 2.05) is 18.3 Å². The number of hydrogen-bond donors (Lipinski definition) is 0. The van der Waals surface area contributed by atoms with Crippen molar-refractivity contribution in [2.24, 2.45) is 0 Å². The van der Waals surface area contributed by atoms with Crippen LogP contribution in [0.25, 0.3) is 33.5 Å². The molecule has 1 heterocycles. The van der Waals surface area contributed by atoms with Crippen molar-refractivity contribution in [1.82, 2.24) is 4.98 Å². The highest BCUT2D eigenvalue weighted by Gasteiger charge is 2.10. The highest BCUT2D eigenvalue weighted by molar-refractivity contribution is 5.78. The van der Waals surface area contributed by atoms with Gasteiger partial charge < -0.3 is 0 Å². The molecule has 0 unspecified atom stereocenters. The summed E-state index contributed by atoms with van der Waals surface area (Å²) in [5.74, 6) is -0.238. The van der Waals surface area contributed by atoms with Gasteiger partial charge in [0.15, 0.2) is 0 Å². The minimum Gasteiger partial charge on any atom is -0.256 e. The van der Waals surface area contributed by atoms with Gasteiger partial charge in [-0.05, 0) is 83.6 Å². The summed E-state index contributed by atoms with van der Waals surface area (Å²) in [6, 6.07) is 25.5. The Kier molecular flexibility index (Phi) is 4.55. The Morgan fingerprint density at radius 2 is 1.30 bits per heavy atom. The van der Waals surface area contributed by atoms with E-state index in [4.69, 9.17) is 0 Å². The fraction of sp³-hybridized carbons (Fsp3) is 0.0800. The molecule has 1 aromatic heterocycles. The molecule has 4 aromatic rings. The smallest absolute Gasteiger partial charge is 0.123 e. The molecule has 3 aromatic carbocycles. The highest BCUT2D eigenvalue weighted by atomic mass is 19.1. The molecule has 27 heavy (non-hydrogen) atoms. The summed E-state index contributed by atoms with van der Waals surface area (Å²) < 4.78 is 13.2. The predicted molar refractivity (Wildman–Crippen MR) is 110 cm³/mol. The van der Waals surface area contributed by atoms with Gasteiger partial charge in [0.2, 0.25) is 0 Å². The molecule has 0 spiro atoms. The number of halogens is 1. The minimum absolute atomic E-state index is 0.238. The van der Waals surface area contributed by atoms with E-state index < -0.39 is 0 Å². The van der Waals surface area contributed by atoms with Gasteiger partial charge in [0.05, 0.1) is 5.69 Å². The minimum atomic E-state index is -0.238. The van der Waals surface area contributed by atoms with Crippen LogP contribution < -0.4 is 0 Å². The summed E-state index contributed by atoms with van der Waals surface area (Å²) in [5, 5.41) is 0. The standard InChI is InChI=1S/C25H20FN/c1-17-14-22(19-6-4-3-5-7-19)15-18(2)25(17)21-12-13-27-24(16-21)20-8-10-23(26)11-9-20/h3-16H,1-2H3. The first-order valence-electron chi connectivity index (χ1n) is 9.01. The maximum Gasteiger partial charge on any atom is 0.123 e. The van der Waals surface area contributed by atoms with Gasteiger partial charge in [0, 0.05) is 11.8 Å². The molecule has 0 aliphatic rings. The van der Waals surface area contributed by atoms with Crippen LogP contribution in [0.15, 0.2) is 85.1 Å². The second-order valence-corrected chi connectivity index (χ2v) is 6.79. The quantitative estimate of drug-likeness (QED) is 0.393. The second kappa shape index (κ2) is 7.16. The van der Waals surface area contributed by atoms with Gasteiger partial charge in [-0.1, -0.05) is 42.5 Å². The topological polar surface area (TPSA) is 12.9 Å². The molecule has 2 heteroatoms. The van der Waals surface area contributed by atoms with E-state index in [0.29, 0.717) is 0 Å². The Morgan fingerprint density at radius 3 is 1.96 bits per heavy atom. The number of nitrogens with zero attached hydrogens (tertiary/aromatic N) is 1. The molecular formula is C25H20FN. The van der Waals surface area contributed by atoms with E-state index in [0.717, 1.165) is 16.8 Å². The molecule has 0 radical (unpaired) electrons. The molecule has 0 amide bonds. The molecule has 0 aliphatic carbocycles. The Hall–Kier alpha value is -3.26. The molecule has 0 atom stereocenters. The fourth-order valence-electron chi connectivity index (χ4n) is 3.58. The average molecular weight is 353 g/mol. The van der Waals surface area contributed by atoms with Crippen molar-refractivity contribution in [2.45, 2.75) is 13.8 Å². The zero-order valence-corrected chi connectivity index (χ0v) is 15.4. The SMILES string of the molecule is Cc1cc(-c2ccccc2)cc(C)c1-c1ccnc(-c2ccc(F)cc2)c1. The average Bonchev–Trinajstić information content (AvgIpc) is 2.69. The van der Waals surface area contributed by atoms with Crippen LogP contribution in [-0.2, 0) is 0 Å². The van der Waals surface area contributed by atoms with E-state index in [1.165, 1.54) is 39.9 Å². The van der Waals surface area contributed by atoms with Crippen LogP contribution in [0.1, 0.15) is 11.1 Å². The number of hydrogen-bond acceptors (Lipinski definition) is 1. The van der Waals surface area contributed by atoms with Crippen LogP contribution in [0.5, 0.6) is 0 Å². The van der Waals surface area contributed by atoms with Gasteiger partial charge in [-0.2, -0.15) is 0 Å². The number of pyridine rings is 1. The van der Waals surface area contributed by atoms with Crippen LogP contribution >= 0.6 is 0 Å². The summed E-state index contributed by atoms with van der Waals surface area (Å²) in [5.41, 5.74) is 9.00. The Balaban J connectivity index is 1.78. The molecule has 0 aliphatic heterocycles. The van der Waals surface area contributed by atoms with Crippen LogP contribution in [0.3, 0.4) is 0 Å². The van der Waals surface area contributed by atoms with Gasteiger partial charge in [0.25, 0.3) is 0 Å². The Morgan fingerprint density at radius 1 is 0.630 bits per heavy atom. The van der Waals surface area contributed by atoms with Crippen LogP contribution in [0, 0.1) is 19.7 Å². The van der Waals surface area contributed by atoms with E-state index in [9.17, 15) is 4.39 Å². The maximum atomic E-state index is 13.2. The largest absolute Gasteiger partial charge is 0.256 e. The van der Waals surface area contributed by atoms with Crippen LogP contribution in [0.2, 0.25) is 0 Å². The van der Waals surface area contributed by atoms with Crippen LogP contribution in [-0.4, -0.2) is 4.98 Å². The number of aryl methyl sites for hydroxylation is 2. The number of rotatable bonds is 3. The molecule has 1 nitrogen and oxygen atoms in total. The van der Waals surface area contributed by atoms with Crippen molar-refractivity contribution < 1.29 is 4.39 Å². The third-order valence-corrected chi connectivity index (χ3v) is 4.83. The Bertz CT molecular complexity index is 1060. The summed E-state index contributed by atoms with van der Waals surface area (Å²) >= 11 is 0. The molecule has 132 valence electrons. The van der Waals surface area contributed by atoms with Crippen molar-refractivity contribution in [3.05, 3.63) is 102 Å². The molecule has 0 fully saturated rings. The van der Waals surface area contributed by atoms with Crippen molar-refractivity contribution in [1.29, 1.82) is 0 Å². The lowest BCUT2D eigenvalue weighted by Crippen LogP contribution is -1.92. The first-order valence-corrected chi connectivity index (χ1v) is 9.01. The number of benzene rings is 3. The van der Waals surface area contributed by atoms with Gasteiger partial charge in [-0.25, -0.2) is 4.39 Å². The predicted octanol–water partition coefficient (Wildman–Crippen LogP) is 6.84. The lowest BCUT2D eigenvalue weighted by atomic mass is 9.91. The molecular weight excluding hydrogens is 333 g/mol. The third kappa shape index (κ3) is 3.52. The summed E-state index contributed by atoms with van der Waals surface area (Å²) in [6.07, 6.45) is 1.82. The number of aromatic nitrogens is 1. The fourth-order valence-corrected chi connectivity index (χ4v) is 3.58. The van der Waals surface area contributed by atoms with E-state index in [-0.39, 0.29) is 5.82 Å². The highest BCUT2D eigenvalue weighted by Crippen LogP contribution is 2.33. The van der Waals surface area contributed by atoms with Gasteiger partial charge in [0.1, 0.15) is 5.82 Å². The van der Waals surface area contributed by atoms with Crippen molar-refractivity contribution in [3.8, 4) is 33.5 Å². The lowest BCUT2D eigenvalue weighted by Gasteiger charge is -2.14. The monoisotopic (exact) mass is 353 g/mol. The third-order valence-electron chi connectivity index (χ3n) is 4.83. The van der Waals surface area contributed by atoms with Gasteiger partial charge >= 0.3 is 0 Å². The normalized spacial score (nSPS) is 10.8. The first-order chi connectivity index (χ1) is 13.1. The zero-order chi connectivity index (χ0) is 18.8. The van der Waals surface area contributed by atoms with Gasteiger partial charge in [-0.15, -0.1) is 0 Å². The molecule has 0 N–H and O–H groups in total. The molecule has 0 saturated carbocycles. The lowest BCUT2D eigenvalue weighted by molar-refractivity contribution is 0.628. The van der Waals surface area contributed by atoms with E-state index >= 15 is 0 Å². The van der Waals surface area contributed by atoms with E-state index in [2.05, 4.69) is 61.3 Å². The summed E-state index contributed by atoms with van der Waals surface area (Å²) in [6.45, 7) is 4.29.